The number of nitrogens with two attached hydrogens (primary N) is 1. The van der Waals surface area contributed by atoms with E-state index in [1.54, 1.807) is 6.08 Å². The Labute approximate surface area is 243 Å². The zero-order valence-corrected chi connectivity index (χ0v) is 26.1. The van der Waals surface area contributed by atoms with E-state index < -0.39 is 5.97 Å². The third-order valence-corrected chi connectivity index (χ3v) is 9.53. The van der Waals surface area contributed by atoms with Gasteiger partial charge in [0.25, 0.3) is 0 Å². The summed E-state index contributed by atoms with van der Waals surface area (Å²) in [6.07, 6.45) is 22.5. The fraction of sp³-hybridized carbons (Fsp3) is 0.676. The molecule has 2 aliphatic rings. The first-order valence-electron chi connectivity index (χ1n) is 15.5. The molecule has 39 heavy (non-hydrogen) atoms. The van der Waals surface area contributed by atoms with Gasteiger partial charge in [0.05, 0.1) is 5.57 Å². The van der Waals surface area contributed by atoms with Crippen molar-refractivity contribution in [2.45, 2.75) is 122 Å². The quantitative estimate of drug-likeness (QED) is 0.211. The highest BCUT2D eigenvalue weighted by molar-refractivity contribution is 8.00. The van der Waals surface area contributed by atoms with Crippen LogP contribution in [0.1, 0.15) is 110 Å². The summed E-state index contributed by atoms with van der Waals surface area (Å²) in [7, 11) is 0. The smallest absolute Gasteiger partial charge is 0.334 e. The molecule has 0 bridgehead atoms. The first-order chi connectivity index (χ1) is 18.7. The summed E-state index contributed by atoms with van der Waals surface area (Å²) in [4.78, 5) is 14.2. The molecule has 1 aromatic rings. The first-order valence-corrected chi connectivity index (χ1v) is 16.5. The average molecular weight is 557 g/mol. The van der Waals surface area contributed by atoms with Crippen molar-refractivity contribution in [3.05, 3.63) is 59.8 Å². The molecule has 0 radical (unpaired) electrons. The molecule has 5 heteroatoms. The van der Waals surface area contributed by atoms with Gasteiger partial charge in [-0.1, -0.05) is 109 Å². The molecule has 1 aliphatic heterocycles. The van der Waals surface area contributed by atoms with E-state index in [0.29, 0.717) is 16.7 Å². The molecule has 0 spiro atoms. The SMILES string of the molecule is CC(C)(C)CCN1C=CC=C(C(=O)O)C1SC1CCCC1Cc1ccccc1.CCCCCCCCCCN. The molecule has 0 saturated heterocycles. The molecule has 1 fully saturated rings. The summed E-state index contributed by atoms with van der Waals surface area (Å²) in [6, 6.07) is 10.7. The van der Waals surface area contributed by atoms with E-state index in [4.69, 9.17) is 5.73 Å². The Morgan fingerprint density at radius 3 is 2.31 bits per heavy atom. The van der Waals surface area contributed by atoms with Crippen LogP contribution in [-0.4, -0.2) is 39.7 Å². The maximum Gasteiger partial charge on any atom is 0.334 e. The number of thioether (sulfide) groups is 1. The second-order valence-electron chi connectivity index (χ2n) is 12.5. The molecular weight excluding hydrogens is 500 g/mol. The summed E-state index contributed by atoms with van der Waals surface area (Å²) >= 11 is 1.88. The van der Waals surface area contributed by atoms with Gasteiger partial charge >= 0.3 is 5.97 Å². The van der Waals surface area contributed by atoms with E-state index in [-0.39, 0.29) is 10.8 Å². The second-order valence-corrected chi connectivity index (χ2v) is 13.8. The van der Waals surface area contributed by atoms with Crippen LogP contribution in [0.3, 0.4) is 0 Å². The van der Waals surface area contributed by atoms with Gasteiger partial charge in [0.1, 0.15) is 5.37 Å². The Kier molecular flexibility index (Phi) is 16.0. The van der Waals surface area contributed by atoms with Crippen LogP contribution in [-0.2, 0) is 11.2 Å². The molecule has 1 aromatic carbocycles. The number of carboxylic acid groups (broad SMARTS) is 1. The molecule has 3 rings (SSSR count). The van der Waals surface area contributed by atoms with Gasteiger partial charge < -0.3 is 15.7 Å². The highest BCUT2D eigenvalue weighted by Gasteiger charge is 2.35. The molecule has 1 heterocycles. The Morgan fingerprint density at radius 1 is 1.03 bits per heavy atom. The Bertz CT molecular complexity index is 854. The lowest BCUT2D eigenvalue weighted by atomic mass is 9.92. The van der Waals surface area contributed by atoms with Crippen molar-refractivity contribution in [1.29, 1.82) is 0 Å². The molecule has 0 amide bonds. The number of carbonyl (C=O) groups is 1. The van der Waals surface area contributed by atoms with Gasteiger partial charge in [-0.3, -0.25) is 0 Å². The molecule has 3 unspecified atom stereocenters. The van der Waals surface area contributed by atoms with Gasteiger partial charge in [0.2, 0.25) is 0 Å². The number of allylic oxidation sites excluding steroid dienone is 2. The normalized spacial score (nSPS) is 20.9. The number of nitrogens with zero attached hydrogens (tertiary/aromatic N) is 1. The van der Waals surface area contributed by atoms with E-state index in [1.807, 2.05) is 17.8 Å². The predicted octanol–water partition coefficient (Wildman–Crippen LogP) is 8.82. The molecule has 1 aliphatic carbocycles. The van der Waals surface area contributed by atoms with Gasteiger partial charge in [0.15, 0.2) is 0 Å². The number of hydrogen-bond acceptors (Lipinski definition) is 4. The Morgan fingerprint density at radius 2 is 1.69 bits per heavy atom. The summed E-state index contributed by atoms with van der Waals surface area (Å²) in [5, 5.41) is 10.2. The van der Waals surface area contributed by atoms with Crippen molar-refractivity contribution in [1.82, 2.24) is 4.90 Å². The molecule has 0 aromatic heterocycles. The lowest BCUT2D eigenvalue weighted by Crippen LogP contribution is -2.38. The number of unbranched alkanes of at least 4 members (excludes halogenated alkanes) is 7. The van der Waals surface area contributed by atoms with Crippen molar-refractivity contribution < 1.29 is 9.90 Å². The van der Waals surface area contributed by atoms with Crippen LogP contribution in [0.4, 0.5) is 0 Å². The van der Waals surface area contributed by atoms with Crippen molar-refractivity contribution in [2.24, 2.45) is 17.1 Å². The van der Waals surface area contributed by atoms with E-state index >= 15 is 0 Å². The van der Waals surface area contributed by atoms with Crippen LogP contribution in [0.25, 0.3) is 0 Å². The van der Waals surface area contributed by atoms with E-state index in [2.05, 4.69) is 69.1 Å². The number of hydrogen-bond donors (Lipinski definition) is 2. The van der Waals surface area contributed by atoms with Crippen molar-refractivity contribution in [3.8, 4) is 0 Å². The third kappa shape index (κ3) is 13.5. The standard InChI is InChI=1S/C24H33NO2S.C10H23N/c1-24(2,3)14-16-25-15-8-12-20(23(26)27)22(25)28-21-13-7-11-19(21)17-18-9-5-4-6-10-18;1-2-3-4-5-6-7-8-9-10-11/h4-6,8-10,12,15,19,21-22H,7,11,13-14,16-17H2,1-3H3,(H,26,27);2-11H2,1H3. The van der Waals surface area contributed by atoms with Gasteiger partial charge in [-0.2, -0.15) is 0 Å². The van der Waals surface area contributed by atoms with Crippen LogP contribution < -0.4 is 5.73 Å². The molecule has 1 saturated carbocycles. The minimum absolute atomic E-state index is 0.0915. The third-order valence-electron chi connectivity index (χ3n) is 7.78. The molecular formula is C34H56N2O2S. The molecule has 220 valence electrons. The molecule has 3 N–H and O–H groups in total. The minimum atomic E-state index is -0.791. The van der Waals surface area contributed by atoms with Gasteiger partial charge in [0, 0.05) is 18.0 Å². The lowest BCUT2D eigenvalue weighted by Gasteiger charge is -2.37. The van der Waals surface area contributed by atoms with Gasteiger partial charge in [-0.15, -0.1) is 11.8 Å². The van der Waals surface area contributed by atoms with Gasteiger partial charge in [-0.25, -0.2) is 4.79 Å². The topological polar surface area (TPSA) is 66.6 Å². The van der Waals surface area contributed by atoms with Crippen LogP contribution in [0.2, 0.25) is 0 Å². The van der Waals surface area contributed by atoms with Crippen LogP contribution in [0, 0.1) is 11.3 Å². The highest BCUT2D eigenvalue weighted by Crippen LogP contribution is 2.42. The number of benzene rings is 1. The first kappa shape index (κ1) is 33.5. The van der Waals surface area contributed by atoms with Crippen LogP contribution in [0.15, 0.2) is 54.3 Å². The maximum absolute atomic E-state index is 11.9. The largest absolute Gasteiger partial charge is 0.478 e. The number of carboxylic acids is 1. The summed E-state index contributed by atoms with van der Waals surface area (Å²) in [5.74, 6) is -0.168. The van der Waals surface area contributed by atoms with Crippen LogP contribution in [0.5, 0.6) is 0 Å². The summed E-state index contributed by atoms with van der Waals surface area (Å²) in [5.41, 5.74) is 7.53. The van der Waals surface area contributed by atoms with Crippen LogP contribution >= 0.6 is 11.8 Å². The zero-order valence-electron chi connectivity index (χ0n) is 25.2. The summed E-state index contributed by atoms with van der Waals surface area (Å²) in [6.45, 7) is 10.7. The summed E-state index contributed by atoms with van der Waals surface area (Å²) < 4.78 is 0. The zero-order chi connectivity index (χ0) is 28.5. The lowest BCUT2D eigenvalue weighted by molar-refractivity contribution is -0.133. The number of aliphatic carboxylic acids is 1. The van der Waals surface area contributed by atoms with Crippen molar-refractivity contribution in [2.75, 3.05) is 13.1 Å². The minimum Gasteiger partial charge on any atom is -0.478 e. The van der Waals surface area contributed by atoms with Crippen molar-refractivity contribution in [3.63, 3.8) is 0 Å². The fourth-order valence-electron chi connectivity index (χ4n) is 5.36. The predicted molar refractivity (Wildman–Crippen MR) is 170 cm³/mol. The Hall–Kier alpha value is -1.72. The highest BCUT2D eigenvalue weighted by atomic mass is 32.2. The molecule has 4 nitrogen and oxygen atoms in total. The van der Waals surface area contributed by atoms with Crippen molar-refractivity contribution >= 4 is 17.7 Å². The van der Waals surface area contributed by atoms with Gasteiger partial charge in [-0.05, 0) is 67.7 Å². The van der Waals surface area contributed by atoms with E-state index in [1.165, 1.54) is 76.2 Å². The maximum atomic E-state index is 11.9. The second kappa shape index (κ2) is 18.6. The Balaban J connectivity index is 0.000000411. The monoisotopic (exact) mass is 556 g/mol. The van der Waals surface area contributed by atoms with E-state index in [0.717, 1.165) is 25.9 Å². The average Bonchev–Trinajstić information content (AvgIpc) is 3.34. The number of rotatable bonds is 15. The molecule has 3 atom stereocenters. The van der Waals surface area contributed by atoms with E-state index in [9.17, 15) is 9.90 Å². The fourth-order valence-corrected chi connectivity index (χ4v) is 7.10.